The predicted molar refractivity (Wildman–Crippen MR) is 113 cm³/mol. The number of nitrogens with zero attached hydrogens (tertiary/aromatic N) is 1. The molecule has 2 aromatic carbocycles. The lowest BCUT2D eigenvalue weighted by atomic mass is 10.0. The Balaban J connectivity index is 2.05. The Morgan fingerprint density at radius 3 is 2.48 bits per heavy atom. The summed E-state index contributed by atoms with van der Waals surface area (Å²) in [5, 5.41) is 16.8. The predicted octanol–water partition coefficient (Wildman–Crippen LogP) is 3.61. The van der Waals surface area contributed by atoms with Crippen molar-refractivity contribution in [1.82, 2.24) is 10.7 Å². The SMILES string of the molecule is COc1cc(C=NNC(=O)C(NC(=O)c2ccc(Cl)c(Cl)c2)C(C)C)ccc1O. The van der Waals surface area contributed by atoms with E-state index >= 15 is 0 Å². The Labute approximate surface area is 178 Å². The smallest absolute Gasteiger partial charge is 0.262 e. The molecule has 0 spiro atoms. The van der Waals surface area contributed by atoms with Gasteiger partial charge in [0.1, 0.15) is 6.04 Å². The normalized spacial score (nSPS) is 12.1. The van der Waals surface area contributed by atoms with Crippen LogP contribution in [0.3, 0.4) is 0 Å². The quantitative estimate of drug-likeness (QED) is 0.454. The largest absolute Gasteiger partial charge is 0.504 e. The van der Waals surface area contributed by atoms with Crippen molar-refractivity contribution in [3.05, 3.63) is 57.6 Å². The number of halogens is 2. The fourth-order valence-corrected chi connectivity index (χ4v) is 2.71. The first kappa shape index (κ1) is 22.5. The van der Waals surface area contributed by atoms with E-state index in [2.05, 4.69) is 15.8 Å². The first-order valence-corrected chi connectivity index (χ1v) is 9.44. The number of phenolic OH excluding ortho intramolecular Hbond substituents is 1. The van der Waals surface area contributed by atoms with Gasteiger partial charge in [0.05, 0.1) is 23.4 Å². The van der Waals surface area contributed by atoms with Crippen molar-refractivity contribution >= 4 is 41.2 Å². The topological polar surface area (TPSA) is 100 Å². The van der Waals surface area contributed by atoms with Gasteiger partial charge in [0.25, 0.3) is 11.8 Å². The lowest BCUT2D eigenvalue weighted by molar-refractivity contribution is -0.123. The summed E-state index contributed by atoms with van der Waals surface area (Å²) in [6, 6.07) is 8.29. The van der Waals surface area contributed by atoms with Crippen molar-refractivity contribution in [2.75, 3.05) is 7.11 Å². The summed E-state index contributed by atoms with van der Waals surface area (Å²) in [7, 11) is 1.43. The van der Waals surface area contributed by atoms with Gasteiger partial charge in [-0.2, -0.15) is 5.10 Å². The molecule has 0 heterocycles. The first-order valence-electron chi connectivity index (χ1n) is 8.68. The number of nitrogens with one attached hydrogen (secondary N) is 2. The monoisotopic (exact) mass is 437 g/mol. The average Bonchev–Trinajstić information content (AvgIpc) is 2.68. The van der Waals surface area contributed by atoms with Crippen LogP contribution in [0.1, 0.15) is 29.8 Å². The van der Waals surface area contributed by atoms with E-state index in [1.807, 2.05) is 0 Å². The van der Waals surface area contributed by atoms with Gasteiger partial charge >= 0.3 is 0 Å². The minimum atomic E-state index is -0.816. The van der Waals surface area contributed by atoms with E-state index < -0.39 is 17.9 Å². The van der Waals surface area contributed by atoms with E-state index in [1.54, 1.807) is 26.0 Å². The van der Waals surface area contributed by atoms with Crippen LogP contribution in [0.4, 0.5) is 0 Å². The van der Waals surface area contributed by atoms with Gasteiger partial charge < -0.3 is 15.2 Å². The van der Waals surface area contributed by atoms with E-state index in [-0.39, 0.29) is 28.0 Å². The van der Waals surface area contributed by atoms with Crippen LogP contribution in [-0.2, 0) is 4.79 Å². The molecule has 0 saturated carbocycles. The molecule has 0 radical (unpaired) electrons. The second-order valence-electron chi connectivity index (χ2n) is 6.49. The molecule has 0 aliphatic rings. The Morgan fingerprint density at radius 1 is 1.14 bits per heavy atom. The number of rotatable bonds is 7. The van der Waals surface area contributed by atoms with E-state index in [9.17, 15) is 14.7 Å². The lowest BCUT2D eigenvalue weighted by Crippen LogP contribution is -2.48. The van der Waals surface area contributed by atoms with Crippen LogP contribution in [-0.4, -0.2) is 36.3 Å². The lowest BCUT2D eigenvalue weighted by Gasteiger charge is -2.20. The van der Waals surface area contributed by atoms with E-state index in [4.69, 9.17) is 27.9 Å². The first-order chi connectivity index (χ1) is 13.7. The van der Waals surface area contributed by atoms with Crippen molar-refractivity contribution < 1.29 is 19.4 Å². The van der Waals surface area contributed by atoms with Crippen LogP contribution in [0.25, 0.3) is 0 Å². The van der Waals surface area contributed by atoms with Gasteiger partial charge in [0.2, 0.25) is 0 Å². The standard InChI is InChI=1S/C20H21Cl2N3O4/c1-11(2)18(24-19(27)13-5-6-14(21)15(22)9-13)20(28)25-23-10-12-4-7-16(26)17(8-12)29-3/h4-11,18,26H,1-3H3,(H,24,27)(H,25,28). The van der Waals surface area contributed by atoms with Gasteiger partial charge in [0, 0.05) is 5.56 Å². The summed E-state index contributed by atoms with van der Waals surface area (Å²) in [4.78, 5) is 24.9. The second-order valence-corrected chi connectivity index (χ2v) is 7.30. The number of carbonyl (C=O) groups excluding carboxylic acids is 2. The summed E-state index contributed by atoms with van der Waals surface area (Å²) < 4.78 is 5.02. The van der Waals surface area contributed by atoms with Gasteiger partial charge in [-0.25, -0.2) is 5.43 Å². The number of hydrogen-bond acceptors (Lipinski definition) is 5. The molecule has 0 fully saturated rings. The molecule has 2 rings (SSSR count). The van der Waals surface area contributed by atoms with Crippen LogP contribution in [0.15, 0.2) is 41.5 Å². The number of aromatic hydroxyl groups is 1. The summed E-state index contributed by atoms with van der Waals surface area (Å²) >= 11 is 11.8. The summed E-state index contributed by atoms with van der Waals surface area (Å²) in [6.07, 6.45) is 1.40. The van der Waals surface area contributed by atoms with E-state index in [0.29, 0.717) is 10.6 Å². The van der Waals surface area contributed by atoms with Crippen LogP contribution >= 0.6 is 23.2 Å². The van der Waals surface area contributed by atoms with Crippen molar-refractivity contribution in [2.45, 2.75) is 19.9 Å². The van der Waals surface area contributed by atoms with Crippen LogP contribution in [0.5, 0.6) is 11.5 Å². The molecule has 3 N–H and O–H groups in total. The fourth-order valence-electron chi connectivity index (χ4n) is 2.41. The molecule has 2 amide bonds. The molecule has 2 aromatic rings. The third-order valence-electron chi connectivity index (χ3n) is 4.01. The zero-order valence-corrected chi connectivity index (χ0v) is 17.6. The number of hydrazone groups is 1. The fraction of sp³-hybridized carbons (Fsp3) is 0.250. The van der Waals surface area contributed by atoms with Crippen molar-refractivity contribution in [3.8, 4) is 11.5 Å². The maximum Gasteiger partial charge on any atom is 0.262 e. The zero-order chi connectivity index (χ0) is 21.6. The highest BCUT2D eigenvalue weighted by molar-refractivity contribution is 6.42. The molecule has 1 unspecified atom stereocenters. The van der Waals surface area contributed by atoms with Crippen molar-refractivity contribution in [1.29, 1.82) is 0 Å². The van der Waals surface area contributed by atoms with Gasteiger partial charge in [-0.3, -0.25) is 9.59 Å². The molecule has 0 saturated heterocycles. The molecule has 154 valence electrons. The Bertz CT molecular complexity index is 932. The van der Waals surface area contributed by atoms with Crippen LogP contribution in [0.2, 0.25) is 10.0 Å². The highest BCUT2D eigenvalue weighted by atomic mass is 35.5. The van der Waals surface area contributed by atoms with E-state index in [0.717, 1.165) is 0 Å². The Hall–Kier alpha value is -2.77. The Morgan fingerprint density at radius 2 is 1.86 bits per heavy atom. The minimum absolute atomic E-state index is 0.00132. The number of phenols is 1. The maximum absolute atomic E-state index is 12.5. The molecule has 7 nitrogen and oxygen atoms in total. The number of benzene rings is 2. The van der Waals surface area contributed by atoms with Crippen LogP contribution in [0, 0.1) is 5.92 Å². The number of ether oxygens (including phenoxy) is 1. The van der Waals surface area contributed by atoms with E-state index in [1.165, 1.54) is 37.6 Å². The zero-order valence-electron chi connectivity index (χ0n) is 16.1. The molecule has 0 aliphatic heterocycles. The van der Waals surface area contributed by atoms with Gasteiger partial charge in [-0.15, -0.1) is 0 Å². The third-order valence-corrected chi connectivity index (χ3v) is 4.75. The molecule has 29 heavy (non-hydrogen) atoms. The number of amides is 2. The summed E-state index contributed by atoms with van der Waals surface area (Å²) in [5.41, 5.74) is 3.31. The maximum atomic E-state index is 12.5. The molecule has 0 bridgehead atoms. The molecular weight excluding hydrogens is 417 g/mol. The molecule has 1 atom stereocenters. The molecule has 0 aliphatic carbocycles. The van der Waals surface area contributed by atoms with Gasteiger partial charge in [0.15, 0.2) is 11.5 Å². The number of methoxy groups -OCH3 is 1. The molecule has 0 aromatic heterocycles. The second kappa shape index (κ2) is 10.1. The minimum Gasteiger partial charge on any atom is -0.504 e. The van der Waals surface area contributed by atoms with Gasteiger partial charge in [-0.1, -0.05) is 37.0 Å². The number of carbonyl (C=O) groups is 2. The summed E-state index contributed by atoms with van der Waals surface area (Å²) in [5.74, 6) is -0.835. The third kappa shape index (κ3) is 6.10. The number of hydrogen-bond donors (Lipinski definition) is 3. The average molecular weight is 438 g/mol. The molecule has 9 heteroatoms. The highest BCUT2D eigenvalue weighted by Gasteiger charge is 2.24. The molecular formula is C20H21Cl2N3O4. The van der Waals surface area contributed by atoms with Crippen molar-refractivity contribution in [2.24, 2.45) is 11.0 Å². The highest BCUT2D eigenvalue weighted by Crippen LogP contribution is 2.25. The summed E-state index contributed by atoms with van der Waals surface area (Å²) in [6.45, 7) is 3.60. The van der Waals surface area contributed by atoms with Crippen LogP contribution < -0.4 is 15.5 Å². The van der Waals surface area contributed by atoms with Gasteiger partial charge in [-0.05, 0) is 47.9 Å². The van der Waals surface area contributed by atoms with Crippen molar-refractivity contribution in [3.63, 3.8) is 0 Å². The Kier molecular flexibility index (Phi) is 7.87.